The highest BCUT2D eigenvalue weighted by Crippen LogP contribution is 2.06. The normalized spacial score (nSPS) is 12.8. The van der Waals surface area contributed by atoms with Crippen molar-refractivity contribution < 1.29 is 0 Å². The predicted molar refractivity (Wildman–Crippen MR) is 41.2 cm³/mol. The van der Waals surface area contributed by atoms with Gasteiger partial charge in [-0.3, -0.25) is 4.78 Å². The number of nitrogens with one attached hydrogen (secondary N) is 1. The van der Waals surface area contributed by atoms with Gasteiger partial charge in [-0.1, -0.05) is 4.47 Å². The van der Waals surface area contributed by atoms with E-state index in [2.05, 4.69) is 16.9 Å². The highest BCUT2D eigenvalue weighted by Gasteiger charge is 1.95. The molecular weight excluding hydrogens is 162 g/mol. The first kappa shape index (κ1) is 8.32. The Morgan fingerprint density at radius 1 is 1.88 bits per heavy atom. The Kier molecular flexibility index (Phi) is 4.39. The van der Waals surface area contributed by atoms with Crippen molar-refractivity contribution in [3.05, 3.63) is 0 Å². The van der Waals surface area contributed by atoms with E-state index in [4.69, 9.17) is 4.78 Å². The maximum absolute atomic E-state index is 7.11. The molecule has 0 heterocycles. The average molecular weight is 169 g/mol. The predicted octanol–water partition coefficient (Wildman–Crippen LogP) is 1.14. The van der Waals surface area contributed by atoms with Crippen molar-refractivity contribution in [2.75, 3.05) is 12.5 Å². The van der Waals surface area contributed by atoms with Crippen LogP contribution in [0.1, 0.15) is 0 Å². The summed E-state index contributed by atoms with van der Waals surface area (Å²) >= 11 is 5.73. The van der Waals surface area contributed by atoms with Crippen molar-refractivity contribution in [1.82, 2.24) is 3.82 Å². The van der Waals surface area contributed by atoms with Gasteiger partial charge < -0.3 is 0 Å². The Labute approximate surface area is 61.1 Å². The molecule has 0 rings (SSSR count). The zero-order valence-corrected chi connectivity index (χ0v) is 7.07. The molecule has 6 heteroatoms. The number of rotatable bonds is 3. The summed E-state index contributed by atoms with van der Waals surface area (Å²) in [5.74, 6) is 0. The first-order chi connectivity index (χ1) is 3.72. The van der Waals surface area contributed by atoms with Gasteiger partial charge in [-0.25, -0.2) is 0 Å². The molecule has 0 aliphatic heterocycles. The van der Waals surface area contributed by atoms with Gasteiger partial charge in [0.05, 0.1) is 12.4 Å². The van der Waals surface area contributed by atoms with Crippen LogP contribution in [0.3, 0.4) is 0 Å². The average Bonchev–Trinajstić information content (AvgIpc) is 1.69. The third kappa shape index (κ3) is 2.58. The van der Waals surface area contributed by atoms with E-state index in [1.54, 1.807) is 6.26 Å². The fourth-order valence-electron chi connectivity index (χ4n) is 0.195. The highest BCUT2D eigenvalue weighted by atomic mass is 32.2. The Morgan fingerprint density at radius 3 is 2.38 bits per heavy atom. The summed E-state index contributed by atoms with van der Waals surface area (Å²) < 4.78 is 12.0. The van der Waals surface area contributed by atoms with Gasteiger partial charge in [0.1, 0.15) is 0 Å². The van der Waals surface area contributed by atoms with Crippen LogP contribution < -0.4 is 0 Å². The summed E-state index contributed by atoms with van der Waals surface area (Å²) in [5.41, 5.74) is 0. The lowest BCUT2D eigenvalue weighted by molar-refractivity contribution is 0.836. The molecule has 0 aromatic heterocycles. The summed E-state index contributed by atoms with van der Waals surface area (Å²) in [5, 5.41) is 0. The molecule has 0 saturated heterocycles. The topological polar surface area (TPSA) is 39.5 Å². The SMILES string of the molecule is CSN(N=S)S(C)=N. The molecule has 0 radical (unpaired) electrons. The van der Waals surface area contributed by atoms with Gasteiger partial charge >= 0.3 is 0 Å². The summed E-state index contributed by atoms with van der Waals surface area (Å²) in [4.78, 5) is 0. The zero-order valence-electron chi connectivity index (χ0n) is 4.62. The molecule has 0 amide bonds. The molecular formula is C2H7N3S3. The molecule has 0 fully saturated rings. The fraction of sp³-hybridized carbons (Fsp3) is 1.00. The third-order valence-corrected chi connectivity index (χ3v) is 2.89. The highest BCUT2D eigenvalue weighted by molar-refractivity contribution is 8.06. The molecule has 0 aliphatic rings. The van der Waals surface area contributed by atoms with E-state index in [-0.39, 0.29) is 0 Å². The molecule has 0 saturated carbocycles. The molecule has 48 valence electrons. The summed E-state index contributed by atoms with van der Waals surface area (Å²) in [6.45, 7) is 0. The minimum atomic E-state index is -0.578. The van der Waals surface area contributed by atoms with Crippen molar-refractivity contribution in [3.63, 3.8) is 0 Å². The molecule has 0 aromatic rings. The summed E-state index contributed by atoms with van der Waals surface area (Å²) in [7, 11) is -0.578. The molecule has 0 bridgehead atoms. The molecule has 1 unspecified atom stereocenters. The van der Waals surface area contributed by atoms with Crippen molar-refractivity contribution >= 4 is 35.3 Å². The second kappa shape index (κ2) is 4.22. The lowest BCUT2D eigenvalue weighted by atomic mass is 12.0. The van der Waals surface area contributed by atoms with E-state index in [1.807, 2.05) is 6.26 Å². The Morgan fingerprint density at radius 2 is 2.38 bits per heavy atom. The Hall–Kier alpha value is 0.320. The minimum Gasteiger partial charge on any atom is -0.259 e. The lowest BCUT2D eigenvalue weighted by Gasteiger charge is -2.09. The zero-order chi connectivity index (χ0) is 6.57. The maximum Gasteiger partial charge on any atom is 0.0648 e. The first-order valence-electron chi connectivity index (χ1n) is 1.77. The minimum absolute atomic E-state index is 0.578. The van der Waals surface area contributed by atoms with E-state index in [9.17, 15) is 0 Å². The van der Waals surface area contributed by atoms with Crippen LogP contribution in [0, 0.1) is 4.78 Å². The van der Waals surface area contributed by atoms with Crippen molar-refractivity contribution in [3.8, 4) is 0 Å². The van der Waals surface area contributed by atoms with E-state index >= 15 is 0 Å². The van der Waals surface area contributed by atoms with Crippen LogP contribution in [0.25, 0.3) is 0 Å². The van der Waals surface area contributed by atoms with Crippen LogP contribution in [-0.2, 0) is 23.3 Å². The molecule has 0 spiro atoms. The molecule has 0 aromatic carbocycles. The van der Waals surface area contributed by atoms with Crippen molar-refractivity contribution in [2.45, 2.75) is 0 Å². The summed E-state index contributed by atoms with van der Waals surface area (Å²) in [6.07, 6.45) is 3.58. The van der Waals surface area contributed by atoms with Gasteiger partial charge in [-0.05, 0) is 11.9 Å². The monoisotopic (exact) mass is 169 g/mol. The van der Waals surface area contributed by atoms with E-state index in [0.717, 1.165) is 0 Å². The Balaban J connectivity index is 3.69. The number of nitrogens with zero attached hydrogens (tertiary/aromatic N) is 2. The maximum atomic E-state index is 7.11. The Bertz CT molecular complexity index is 103. The van der Waals surface area contributed by atoms with Crippen LogP contribution in [0.15, 0.2) is 4.47 Å². The van der Waals surface area contributed by atoms with Gasteiger partial charge in [0.15, 0.2) is 0 Å². The van der Waals surface area contributed by atoms with Gasteiger partial charge in [-0.2, -0.15) is 3.82 Å². The molecule has 3 nitrogen and oxygen atoms in total. The van der Waals surface area contributed by atoms with Gasteiger partial charge in [0.2, 0.25) is 0 Å². The fourth-order valence-corrected chi connectivity index (χ4v) is 1.76. The smallest absolute Gasteiger partial charge is 0.0648 e. The van der Waals surface area contributed by atoms with Gasteiger partial charge in [0.25, 0.3) is 0 Å². The van der Waals surface area contributed by atoms with Crippen molar-refractivity contribution in [1.29, 1.82) is 4.78 Å². The molecule has 1 N–H and O–H groups in total. The van der Waals surface area contributed by atoms with Crippen LogP contribution in [0.2, 0.25) is 0 Å². The van der Waals surface area contributed by atoms with Crippen LogP contribution >= 0.6 is 11.9 Å². The second-order valence-corrected chi connectivity index (χ2v) is 3.39. The molecule has 8 heavy (non-hydrogen) atoms. The first-order valence-corrected chi connectivity index (χ1v) is 4.91. The van der Waals surface area contributed by atoms with Crippen LogP contribution in [-0.4, -0.2) is 16.3 Å². The van der Waals surface area contributed by atoms with E-state index < -0.39 is 10.9 Å². The van der Waals surface area contributed by atoms with Crippen LogP contribution in [0.5, 0.6) is 0 Å². The number of hydrogen-bond acceptors (Lipinski definition) is 4. The van der Waals surface area contributed by atoms with E-state index in [1.165, 1.54) is 15.8 Å². The molecule has 1 atom stereocenters. The van der Waals surface area contributed by atoms with E-state index in [0.29, 0.717) is 0 Å². The molecule has 0 aliphatic carbocycles. The van der Waals surface area contributed by atoms with Gasteiger partial charge in [-0.15, -0.1) is 0 Å². The third-order valence-electron chi connectivity index (χ3n) is 0.457. The lowest BCUT2D eigenvalue weighted by Crippen LogP contribution is -2.06. The number of hydrogen-bond donors (Lipinski definition) is 1. The standard InChI is InChI=1S/C2H7N3S3/c1-7-5(4-6)8(2)3/h3H,1-2H3. The quantitative estimate of drug-likeness (QED) is 0.508. The van der Waals surface area contributed by atoms with Crippen LogP contribution in [0.4, 0.5) is 0 Å². The van der Waals surface area contributed by atoms with Gasteiger partial charge in [0, 0.05) is 23.4 Å². The largest absolute Gasteiger partial charge is 0.259 e. The van der Waals surface area contributed by atoms with Crippen molar-refractivity contribution in [2.24, 2.45) is 4.47 Å². The summed E-state index contributed by atoms with van der Waals surface area (Å²) in [6, 6.07) is 0. The second-order valence-electron chi connectivity index (χ2n) is 0.980.